The second-order valence-corrected chi connectivity index (χ2v) is 4.10. The van der Waals surface area contributed by atoms with Crippen LogP contribution in [0.3, 0.4) is 0 Å². The first kappa shape index (κ1) is 14.3. The third-order valence-electron chi connectivity index (χ3n) is 2.73. The Morgan fingerprint density at radius 1 is 1.40 bits per heavy atom. The molecule has 0 rings (SSSR count). The summed E-state index contributed by atoms with van der Waals surface area (Å²) >= 11 is 0. The van der Waals surface area contributed by atoms with Gasteiger partial charge in [0.2, 0.25) is 0 Å². The fraction of sp³-hybridized carbons (Fsp3) is 0.833. The van der Waals surface area contributed by atoms with E-state index in [9.17, 15) is 0 Å². The van der Waals surface area contributed by atoms with Crippen LogP contribution in [0.1, 0.15) is 40.5 Å². The summed E-state index contributed by atoms with van der Waals surface area (Å²) in [5.41, 5.74) is 0. The van der Waals surface area contributed by atoms with Crippen molar-refractivity contribution in [2.75, 3.05) is 6.54 Å². The van der Waals surface area contributed by atoms with Gasteiger partial charge in [0.05, 0.1) is 0 Å². The lowest BCUT2D eigenvalue weighted by Crippen LogP contribution is -2.36. The minimum Gasteiger partial charge on any atom is -0.312 e. The van der Waals surface area contributed by atoms with Crippen LogP contribution in [0.5, 0.6) is 0 Å². The van der Waals surface area contributed by atoms with Gasteiger partial charge in [0.15, 0.2) is 0 Å². The van der Waals surface area contributed by atoms with E-state index in [0.717, 1.165) is 12.8 Å². The molecule has 0 fully saturated rings. The highest BCUT2D eigenvalue weighted by molar-refractivity contribution is 5.55. The predicted octanol–water partition coefficient (Wildman–Crippen LogP) is 2.51. The molecule has 0 aliphatic rings. The topological polar surface area (TPSA) is 48.2 Å². The highest BCUT2D eigenvalue weighted by Crippen LogP contribution is 2.15. The van der Waals surface area contributed by atoms with Crippen LogP contribution >= 0.6 is 0 Å². The number of rotatable bonds is 8. The molecule has 3 heteroatoms. The molecule has 0 aromatic carbocycles. The van der Waals surface area contributed by atoms with Crippen LogP contribution < -0.4 is 5.32 Å². The Morgan fingerprint density at radius 2 is 2.07 bits per heavy atom. The van der Waals surface area contributed by atoms with Crippen molar-refractivity contribution in [3.63, 3.8) is 0 Å². The van der Waals surface area contributed by atoms with Crippen molar-refractivity contribution in [3.05, 3.63) is 0 Å². The predicted molar refractivity (Wildman–Crippen MR) is 68.3 cm³/mol. The number of nitrogens with one attached hydrogen (secondary N) is 2. The van der Waals surface area contributed by atoms with Crippen molar-refractivity contribution in [2.24, 2.45) is 10.9 Å². The molecule has 0 saturated heterocycles. The fourth-order valence-electron chi connectivity index (χ4n) is 1.98. The largest absolute Gasteiger partial charge is 0.312 e. The molecule has 0 heterocycles. The molecule has 3 atom stereocenters. The second kappa shape index (κ2) is 8.60. The molecule has 0 aliphatic carbocycles. The molecular formula is C12H25N3. The summed E-state index contributed by atoms with van der Waals surface area (Å²) < 4.78 is 0. The molecule has 0 aliphatic heterocycles. The van der Waals surface area contributed by atoms with E-state index >= 15 is 0 Å². The molecule has 0 amide bonds. The minimum atomic E-state index is 0.404. The molecular weight excluding hydrogens is 186 g/mol. The van der Waals surface area contributed by atoms with Crippen molar-refractivity contribution in [1.82, 2.24) is 5.32 Å². The zero-order chi connectivity index (χ0) is 11.7. The van der Waals surface area contributed by atoms with Gasteiger partial charge in [-0.05, 0) is 38.8 Å². The summed E-state index contributed by atoms with van der Waals surface area (Å²) in [6.07, 6.45) is 5.51. The lowest BCUT2D eigenvalue weighted by atomic mass is 9.93. The highest BCUT2D eigenvalue weighted by atomic mass is 14.9. The van der Waals surface area contributed by atoms with Gasteiger partial charge in [-0.15, -0.1) is 0 Å². The molecule has 15 heavy (non-hydrogen) atoms. The molecule has 2 N–H and O–H groups in total. The Labute approximate surface area is 93.9 Å². The van der Waals surface area contributed by atoms with E-state index in [1.807, 2.05) is 13.1 Å². The lowest BCUT2D eigenvalue weighted by Gasteiger charge is -2.24. The van der Waals surface area contributed by atoms with Crippen LogP contribution in [-0.2, 0) is 0 Å². The molecule has 0 radical (unpaired) electrons. The number of aliphatic imine (C=N–C) groups is 1. The van der Waals surface area contributed by atoms with Crippen LogP contribution in [0, 0.1) is 11.3 Å². The summed E-state index contributed by atoms with van der Waals surface area (Å²) in [5.74, 6) is 0.605. The van der Waals surface area contributed by atoms with Crippen LogP contribution in [0.25, 0.3) is 0 Å². The number of nitrogens with zero attached hydrogens (tertiary/aromatic N) is 1. The Kier molecular flexibility index (Phi) is 8.19. The standard InChI is InChI=1S/C12H25N3/c1-5-12(15-8-7-13)10(3)9-11(4)14-6-2/h6-7,10-13,15H,5,8-9H2,1-4H3/t10?,11?,12-/m1/s1. The summed E-state index contributed by atoms with van der Waals surface area (Å²) in [6, 6.07) is 0.905. The summed E-state index contributed by atoms with van der Waals surface area (Å²) in [7, 11) is 0. The maximum Gasteiger partial charge on any atom is 0.0470 e. The van der Waals surface area contributed by atoms with Crippen LogP contribution in [0.4, 0.5) is 0 Å². The number of hydrogen-bond acceptors (Lipinski definition) is 3. The highest BCUT2D eigenvalue weighted by Gasteiger charge is 2.16. The zero-order valence-corrected chi connectivity index (χ0v) is 10.5. The average Bonchev–Trinajstić information content (AvgIpc) is 2.19. The summed E-state index contributed by atoms with van der Waals surface area (Å²) in [4.78, 5) is 4.36. The molecule has 0 bridgehead atoms. The fourth-order valence-corrected chi connectivity index (χ4v) is 1.98. The first-order chi connectivity index (χ1) is 7.15. The van der Waals surface area contributed by atoms with Gasteiger partial charge in [0.1, 0.15) is 0 Å². The van der Waals surface area contributed by atoms with E-state index in [1.54, 1.807) is 0 Å². The van der Waals surface area contributed by atoms with Crippen molar-refractivity contribution in [2.45, 2.75) is 52.6 Å². The maximum atomic E-state index is 7.01. The second-order valence-electron chi connectivity index (χ2n) is 4.10. The maximum absolute atomic E-state index is 7.01. The van der Waals surface area contributed by atoms with Gasteiger partial charge in [-0.2, -0.15) is 0 Å². The van der Waals surface area contributed by atoms with Crippen LogP contribution in [0.2, 0.25) is 0 Å². The molecule has 3 nitrogen and oxygen atoms in total. The lowest BCUT2D eigenvalue weighted by molar-refractivity contribution is 0.345. The quantitative estimate of drug-likeness (QED) is 0.595. The molecule has 88 valence electrons. The van der Waals surface area contributed by atoms with Crippen LogP contribution in [-0.4, -0.2) is 31.1 Å². The van der Waals surface area contributed by atoms with Crippen molar-refractivity contribution < 1.29 is 0 Å². The van der Waals surface area contributed by atoms with Gasteiger partial charge < -0.3 is 10.7 Å². The van der Waals surface area contributed by atoms with Gasteiger partial charge in [-0.1, -0.05) is 13.8 Å². The zero-order valence-electron chi connectivity index (χ0n) is 10.5. The molecule has 0 aromatic heterocycles. The van der Waals surface area contributed by atoms with Gasteiger partial charge in [0.25, 0.3) is 0 Å². The van der Waals surface area contributed by atoms with Crippen molar-refractivity contribution in [1.29, 1.82) is 5.41 Å². The molecule has 0 spiro atoms. The molecule has 0 aromatic rings. The average molecular weight is 211 g/mol. The van der Waals surface area contributed by atoms with Gasteiger partial charge in [-0.25, -0.2) is 0 Å². The Morgan fingerprint density at radius 3 is 2.53 bits per heavy atom. The van der Waals surface area contributed by atoms with Gasteiger partial charge in [0, 0.05) is 24.8 Å². The minimum absolute atomic E-state index is 0.404. The number of hydrogen-bond donors (Lipinski definition) is 2. The smallest absolute Gasteiger partial charge is 0.0470 e. The first-order valence-electron chi connectivity index (χ1n) is 5.85. The SMILES string of the molecule is CC=NC(C)CC(C)[C@@H](CC)NCC=N. The Hall–Kier alpha value is -0.700. The molecule has 0 saturated carbocycles. The van der Waals surface area contributed by atoms with E-state index in [4.69, 9.17) is 5.41 Å². The summed E-state index contributed by atoms with van der Waals surface area (Å²) in [6.45, 7) is 9.23. The van der Waals surface area contributed by atoms with Crippen LogP contribution in [0.15, 0.2) is 4.99 Å². The first-order valence-corrected chi connectivity index (χ1v) is 5.85. The van der Waals surface area contributed by atoms with Crippen molar-refractivity contribution in [3.8, 4) is 0 Å². The van der Waals surface area contributed by atoms with E-state index in [2.05, 4.69) is 31.1 Å². The third-order valence-corrected chi connectivity index (χ3v) is 2.73. The van der Waals surface area contributed by atoms with Crippen molar-refractivity contribution >= 4 is 12.4 Å². The molecule has 2 unspecified atom stereocenters. The Bertz CT molecular complexity index is 189. The summed E-state index contributed by atoms with van der Waals surface area (Å²) in [5, 5.41) is 10.4. The monoisotopic (exact) mass is 211 g/mol. The van der Waals surface area contributed by atoms with Gasteiger partial charge >= 0.3 is 0 Å². The third kappa shape index (κ3) is 6.39. The van der Waals surface area contributed by atoms with E-state index in [0.29, 0.717) is 24.5 Å². The van der Waals surface area contributed by atoms with Gasteiger partial charge in [-0.3, -0.25) is 4.99 Å². The van der Waals surface area contributed by atoms with E-state index in [-0.39, 0.29) is 0 Å². The van der Waals surface area contributed by atoms with E-state index < -0.39 is 0 Å². The van der Waals surface area contributed by atoms with E-state index in [1.165, 1.54) is 6.21 Å². The normalized spacial score (nSPS) is 17.6. The Balaban J connectivity index is 4.01.